The molecule has 1 heterocycles. The van der Waals surface area contributed by atoms with Gasteiger partial charge < -0.3 is 15.4 Å². The first kappa shape index (κ1) is 13.2. The highest BCUT2D eigenvalue weighted by atomic mass is 16.5. The SMILES string of the molecule is COc1ccc(CN)c(N2CCCCCCC2)c1. The zero-order valence-electron chi connectivity index (χ0n) is 11.3. The molecule has 2 N–H and O–H groups in total. The summed E-state index contributed by atoms with van der Waals surface area (Å²) < 4.78 is 5.33. The number of methoxy groups -OCH3 is 1. The lowest BCUT2D eigenvalue weighted by molar-refractivity contribution is 0.414. The summed E-state index contributed by atoms with van der Waals surface area (Å²) in [7, 11) is 1.72. The van der Waals surface area contributed by atoms with Gasteiger partial charge in [0.15, 0.2) is 0 Å². The molecular weight excluding hydrogens is 224 g/mol. The van der Waals surface area contributed by atoms with E-state index in [9.17, 15) is 0 Å². The number of anilines is 1. The lowest BCUT2D eigenvalue weighted by atomic mass is 10.1. The van der Waals surface area contributed by atoms with Crippen LogP contribution in [0.15, 0.2) is 18.2 Å². The monoisotopic (exact) mass is 248 g/mol. The molecule has 0 unspecified atom stereocenters. The van der Waals surface area contributed by atoms with E-state index in [0.29, 0.717) is 6.54 Å². The van der Waals surface area contributed by atoms with Crippen LogP contribution in [-0.2, 0) is 6.54 Å². The molecule has 1 aliphatic rings. The van der Waals surface area contributed by atoms with Crippen molar-refractivity contribution in [1.82, 2.24) is 0 Å². The van der Waals surface area contributed by atoms with Crippen molar-refractivity contribution in [2.45, 2.75) is 38.6 Å². The highest BCUT2D eigenvalue weighted by Crippen LogP contribution is 2.27. The van der Waals surface area contributed by atoms with Gasteiger partial charge in [0, 0.05) is 31.4 Å². The van der Waals surface area contributed by atoms with Crippen LogP contribution in [0, 0.1) is 0 Å². The summed E-state index contributed by atoms with van der Waals surface area (Å²) in [6.45, 7) is 2.87. The molecule has 0 atom stereocenters. The van der Waals surface area contributed by atoms with E-state index in [1.807, 2.05) is 6.07 Å². The molecule has 0 spiro atoms. The maximum absolute atomic E-state index is 5.85. The van der Waals surface area contributed by atoms with E-state index in [-0.39, 0.29) is 0 Å². The first-order valence-corrected chi connectivity index (χ1v) is 6.97. The minimum absolute atomic E-state index is 0.593. The Balaban J connectivity index is 2.22. The fourth-order valence-electron chi connectivity index (χ4n) is 2.63. The van der Waals surface area contributed by atoms with E-state index in [2.05, 4.69) is 17.0 Å². The largest absolute Gasteiger partial charge is 0.497 e. The molecule has 3 heteroatoms. The predicted molar refractivity (Wildman–Crippen MR) is 76.2 cm³/mol. The molecule has 1 aromatic carbocycles. The van der Waals surface area contributed by atoms with Crippen molar-refractivity contribution in [3.05, 3.63) is 23.8 Å². The number of nitrogens with two attached hydrogens (primary N) is 1. The fourth-order valence-corrected chi connectivity index (χ4v) is 2.63. The first-order chi connectivity index (χ1) is 8.85. The number of hydrogen-bond acceptors (Lipinski definition) is 3. The topological polar surface area (TPSA) is 38.5 Å². The van der Waals surface area contributed by atoms with Crippen molar-refractivity contribution < 1.29 is 4.74 Å². The Morgan fingerprint density at radius 1 is 1.11 bits per heavy atom. The lowest BCUT2D eigenvalue weighted by Crippen LogP contribution is -2.28. The van der Waals surface area contributed by atoms with Crippen LogP contribution in [0.5, 0.6) is 5.75 Å². The van der Waals surface area contributed by atoms with E-state index in [1.165, 1.54) is 43.4 Å². The van der Waals surface area contributed by atoms with Gasteiger partial charge in [-0.15, -0.1) is 0 Å². The highest BCUT2D eigenvalue weighted by molar-refractivity contribution is 5.57. The van der Waals surface area contributed by atoms with Gasteiger partial charge in [-0.3, -0.25) is 0 Å². The summed E-state index contributed by atoms with van der Waals surface area (Å²) >= 11 is 0. The summed E-state index contributed by atoms with van der Waals surface area (Å²) in [5, 5.41) is 0. The normalized spacial score (nSPS) is 17.1. The van der Waals surface area contributed by atoms with Gasteiger partial charge in [0.25, 0.3) is 0 Å². The molecule has 1 saturated heterocycles. The number of ether oxygens (including phenoxy) is 1. The lowest BCUT2D eigenvalue weighted by Gasteiger charge is -2.29. The maximum atomic E-state index is 5.85. The second-order valence-corrected chi connectivity index (χ2v) is 4.95. The van der Waals surface area contributed by atoms with Crippen LogP contribution in [0.25, 0.3) is 0 Å². The van der Waals surface area contributed by atoms with E-state index < -0.39 is 0 Å². The second-order valence-electron chi connectivity index (χ2n) is 4.95. The third-order valence-electron chi connectivity index (χ3n) is 3.71. The second kappa shape index (κ2) is 6.64. The highest BCUT2D eigenvalue weighted by Gasteiger charge is 2.13. The van der Waals surface area contributed by atoms with E-state index >= 15 is 0 Å². The molecule has 1 fully saturated rings. The molecule has 0 saturated carbocycles. The van der Waals surface area contributed by atoms with Crippen LogP contribution < -0.4 is 15.4 Å². The van der Waals surface area contributed by atoms with Crippen LogP contribution in [-0.4, -0.2) is 20.2 Å². The molecule has 1 aromatic rings. The quantitative estimate of drug-likeness (QED) is 0.894. The van der Waals surface area contributed by atoms with Gasteiger partial charge >= 0.3 is 0 Å². The Bertz CT molecular complexity index is 371. The minimum atomic E-state index is 0.593. The smallest absolute Gasteiger partial charge is 0.120 e. The molecule has 3 nitrogen and oxygen atoms in total. The molecule has 18 heavy (non-hydrogen) atoms. The Hall–Kier alpha value is -1.22. The zero-order valence-corrected chi connectivity index (χ0v) is 11.3. The van der Waals surface area contributed by atoms with Gasteiger partial charge in [-0.05, 0) is 24.5 Å². The minimum Gasteiger partial charge on any atom is -0.497 e. The van der Waals surface area contributed by atoms with Gasteiger partial charge in [-0.1, -0.05) is 25.3 Å². The van der Waals surface area contributed by atoms with Gasteiger partial charge in [0.2, 0.25) is 0 Å². The summed E-state index contributed by atoms with van der Waals surface area (Å²) in [5.74, 6) is 0.921. The van der Waals surface area contributed by atoms with Crippen LogP contribution in [0.1, 0.15) is 37.7 Å². The zero-order chi connectivity index (χ0) is 12.8. The van der Waals surface area contributed by atoms with Crippen molar-refractivity contribution in [1.29, 1.82) is 0 Å². The summed E-state index contributed by atoms with van der Waals surface area (Å²) in [5.41, 5.74) is 8.33. The van der Waals surface area contributed by atoms with Crippen LogP contribution in [0.4, 0.5) is 5.69 Å². The van der Waals surface area contributed by atoms with Gasteiger partial charge in [-0.2, -0.15) is 0 Å². The Labute approximate surface area is 110 Å². The summed E-state index contributed by atoms with van der Waals surface area (Å²) in [4.78, 5) is 2.48. The Kier molecular flexibility index (Phi) is 4.88. The number of rotatable bonds is 3. The van der Waals surface area contributed by atoms with Crippen molar-refractivity contribution in [2.75, 3.05) is 25.1 Å². The molecule has 0 aromatic heterocycles. The molecule has 0 bridgehead atoms. The maximum Gasteiger partial charge on any atom is 0.120 e. The van der Waals surface area contributed by atoms with Crippen molar-refractivity contribution >= 4 is 5.69 Å². The van der Waals surface area contributed by atoms with E-state index in [1.54, 1.807) is 7.11 Å². The van der Waals surface area contributed by atoms with Crippen LogP contribution in [0.2, 0.25) is 0 Å². The summed E-state index contributed by atoms with van der Waals surface area (Å²) in [6, 6.07) is 6.21. The average molecular weight is 248 g/mol. The molecule has 0 radical (unpaired) electrons. The van der Waals surface area contributed by atoms with E-state index in [4.69, 9.17) is 10.5 Å². The van der Waals surface area contributed by atoms with Gasteiger partial charge in [0.05, 0.1) is 7.11 Å². The third-order valence-corrected chi connectivity index (χ3v) is 3.71. The Morgan fingerprint density at radius 2 is 1.78 bits per heavy atom. The van der Waals surface area contributed by atoms with Crippen molar-refractivity contribution in [3.8, 4) is 5.75 Å². The van der Waals surface area contributed by atoms with Gasteiger partial charge in [0.1, 0.15) is 5.75 Å². The first-order valence-electron chi connectivity index (χ1n) is 6.97. The molecule has 0 amide bonds. The molecule has 0 aliphatic carbocycles. The fraction of sp³-hybridized carbons (Fsp3) is 0.600. The van der Waals surface area contributed by atoms with Gasteiger partial charge in [-0.25, -0.2) is 0 Å². The van der Waals surface area contributed by atoms with Crippen molar-refractivity contribution in [2.24, 2.45) is 5.73 Å². The molecule has 100 valence electrons. The molecule has 2 rings (SSSR count). The average Bonchev–Trinajstić information content (AvgIpc) is 2.38. The van der Waals surface area contributed by atoms with Crippen LogP contribution in [0.3, 0.4) is 0 Å². The number of nitrogens with zero attached hydrogens (tertiary/aromatic N) is 1. The van der Waals surface area contributed by atoms with Crippen LogP contribution >= 0.6 is 0 Å². The molecular formula is C15H24N2O. The van der Waals surface area contributed by atoms with Crippen molar-refractivity contribution in [3.63, 3.8) is 0 Å². The Morgan fingerprint density at radius 3 is 2.39 bits per heavy atom. The summed E-state index contributed by atoms with van der Waals surface area (Å²) in [6.07, 6.45) is 6.63. The third kappa shape index (κ3) is 3.16. The predicted octanol–water partition coefficient (Wildman–Crippen LogP) is 2.92. The van der Waals surface area contributed by atoms with E-state index in [0.717, 1.165) is 18.8 Å². The standard InChI is InChI=1S/C15H24N2O/c1-18-14-8-7-13(12-16)15(11-14)17-9-5-3-2-4-6-10-17/h7-8,11H,2-6,9-10,12,16H2,1H3. The molecule has 1 aliphatic heterocycles. The number of hydrogen-bond donors (Lipinski definition) is 1. The number of benzene rings is 1.